The van der Waals surface area contributed by atoms with Crippen LogP contribution in [0.5, 0.6) is 5.75 Å². The van der Waals surface area contributed by atoms with Crippen LogP contribution < -0.4 is 5.73 Å². The molecule has 0 amide bonds. The number of nitrogens with two attached hydrogens (primary N) is 1. The number of hydrogen-bond donors (Lipinski definition) is 2. The fourth-order valence-electron chi connectivity index (χ4n) is 0.981. The molecule has 0 atom stereocenters. The van der Waals surface area contributed by atoms with Crippen molar-refractivity contribution in [2.24, 2.45) is 0 Å². The summed E-state index contributed by atoms with van der Waals surface area (Å²) in [7, 11) is 0. The number of nitrogen functional groups attached to an aromatic ring is 1. The molecule has 3 heteroatoms. The highest BCUT2D eigenvalue weighted by Crippen LogP contribution is 2.24. The molecule has 0 aromatic heterocycles. The number of benzene rings is 1. The topological polar surface area (TPSA) is 63.3 Å². The van der Waals surface area contributed by atoms with Gasteiger partial charge < -0.3 is 10.8 Å². The molecular formula is C10H11NO2. The summed E-state index contributed by atoms with van der Waals surface area (Å²) in [6, 6.07) is 4.57. The highest BCUT2D eigenvalue weighted by atomic mass is 16.3. The average molecular weight is 177 g/mol. The largest absolute Gasteiger partial charge is 0.506 e. The zero-order valence-electron chi connectivity index (χ0n) is 7.37. The lowest BCUT2D eigenvalue weighted by molar-refractivity contribution is 0.103. The summed E-state index contributed by atoms with van der Waals surface area (Å²) >= 11 is 0. The van der Waals surface area contributed by atoms with Gasteiger partial charge in [0.1, 0.15) is 5.75 Å². The van der Waals surface area contributed by atoms with E-state index in [4.69, 9.17) is 5.73 Å². The van der Waals surface area contributed by atoms with E-state index in [0.29, 0.717) is 11.1 Å². The van der Waals surface area contributed by atoms with Crippen molar-refractivity contribution >= 4 is 11.5 Å². The van der Waals surface area contributed by atoms with Gasteiger partial charge in [0.05, 0.1) is 5.69 Å². The SMILES string of the molecule is C=C(C)C(=O)c1cccc(O)c1N. The Hall–Kier alpha value is -1.77. The number of aromatic hydroxyl groups is 1. The maximum absolute atomic E-state index is 11.4. The van der Waals surface area contributed by atoms with Gasteiger partial charge >= 0.3 is 0 Å². The number of hydrogen-bond acceptors (Lipinski definition) is 3. The predicted octanol–water partition coefficient (Wildman–Crippen LogP) is 1.73. The first-order chi connectivity index (χ1) is 6.04. The maximum Gasteiger partial charge on any atom is 0.190 e. The van der Waals surface area contributed by atoms with Crippen LogP contribution in [0.15, 0.2) is 30.4 Å². The van der Waals surface area contributed by atoms with E-state index in [0.717, 1.165) is 0 Å². The molecule has 3 N–H and O–H groups in total. The third-order valence-electron chi connectivity index (χ3n) is 1.72. The van der Waals surface area contributed by atoms with E-state index in [1.54, 1.807) is 19.1 Å². The first kappa shape index (κ1) is 9.32. The molecule has 0 radical (unpaired) electrons. The number of phenolic OH excluding ortho intramolecular Hbond substituents is 1. The van der Waals surface area contributed by atoms with Crippen molar-refractivity contribution in [3.05, 3.63) is 35.9 Å². The van der Waals surface area contributed by atoms with E-state index in [2.05, 4.69) is 6.58 Å². The summed E-state index contributed by atoms with van der Waals surface area (Å²) in [6.45, 7) is 5.12. The van der Waals surface area contributed by atoms with Crippen LogP contribution >= 0.6 is 0 Å². The quantitative estimate of drug-likeness (QED) is 0.313. The Kier molecular flexibility index (Phi) is 2.37. The average Bonchev–Trinajstić information content (AvgIpc) is 2.08. The van der Waals surface area contributed by atoms with E-state index in [-0.39, 0.29) is 17.2 Å². The molecule has 0 aliphatic heterocycles. The minimum absolute atomic E-state index is 0.0768. The van der Waals surface area contributed by atoms with Crippen molar-refractivity contribution in [1.29, 1.82) is 0 Å². The third-order valence-corrected chi connectivity index (χ3v) is 1.72. The molecule has 1 aromatic rings. The zero-order chi connectivity index (χ0) is 10.0. The number of anilines is 1. The summed E-state index contributed by atoms with van der Waals surface area (Å²) < 4.78 is 0. The van der Waals surface area contributed by atoms with Crippen LogP contribution in [0.1, 0.15) is 17.3 Å². The van der Waals surface area contributed by atoms with Gasteiger partial charge in [-0.3, -0.25) is 4.79 Å². The smallest absolute Gasteiger partial charge is 0.190 e. The standard InChI is InChI=1S/C10H11NO2/c1-6(2)10(13)7-4-3-5-8(12)9(7)11/h3-5,12H,1,11H2,2H3. The minimum Gasteiger partial charge on any atom is -0.506 e. The summed E-state index contributed by atoms with van der Waals surface area (Å²) in [5.74, 6) is -0.319. The van der Waals surface area contributed by atoms with Gasteiger partial charge in [-0.05, 0) is 24.6 Å². The normalized spacial score (nSPS) is 9.62. The number of carbonyl (C=O) groups excluding carboxylic acids is 1. The number of phenols is 1. The Morgan fingerprint density at radius 3 is 2.69 bits per heavy atom. The van der Waals surface area contributed by atoms with Gasteiger partial charge in [0, 0.05) is 5.56 Å². The number of ketones is 1. The van der Waals surface area contributed by atoms with Crippen LogP contribution in [0.4, 0.5) is 5.69 Å². The number of rotatable bonds is 2. The predicted molar refractivity (Wildman–Crippen MR) is 51.7 cm³/mol. The molecule has 0 saturated carbocycles. The van der Waals surface area contributed by atoms with E-state index in [1.165, 1.54) is 6.07 Å². The number of para-hydroxylation sites is 1. The second-order valence-corrected chi connectivity index (χ2v) is 2.85. The van der Waals surface area contributed by atoms with Crippen molar-refractivity contribution in [3.63, 3.8) is 0 Å². The first-order valence-electron chi connectivity index (χ1n) is 3.81. The highest BCUT2D eigenvalue weighted by molar-refractivity contribution is 6.11. The van der Waals surface area contributed by atoms with Gasteiger partial charge in [0.2, 0.25) is 0 Å². The fraction of sp³-hybridized carbons (Fsp3) is 0.100. The molecule has 0 aliphatic carbocycles. The number of Topliss-reactive ketones (excluding diaryl/α,β-unsaturated/α-hetero) is 1. The minimum atomic E-state index is -0.242. The van der Waals surface area contributed by atoms with E-state index in [1.807, 2.05) is 0 Å². The Labute approximate surface area is 76.5 Å². The third kappa shape index (κ3) is 1.69. The van der Waals surface area contributed by atoms with E-state index >= 15 is 0 Å². The van der Waals surface area contributed by atoms with Gasteiger partial charge in [0.25, 0.3) is 0 Å². The van der Waals surface area contributed by atoms with Crippen LogP contribution in [-0.4, -0.2) is 10.9 Å². The molecule has 0 bridgehead atoms. The van der Waals surface area contributed by atoms with Gasteiger partial charge in [-0.1, -0.05) is 12.6 Å². The van der Waals surface area contributed by atoms with Crippen LogP contribution in [-0.2, 0) is 0 Å². The van der Waals surface area contributed by atoms with Crippen molar-refractivity contribution in [2.45, 2.75) is 6.92 Å². The van der Waals surface area contributed by atoms with Crippen LogP contribution in [0.25, 0.3) is 0 Å². The highest BCUT2D eigenvalue weighted by Gasteiger charge is 2.11. The second-order valence-electron chi connectivity index (χ2n) is 2.85. The van der Waals surface area contributed by atoms with Crippen molar-refractivity contribution in [2.75, 3.05) is 5.73 Å². The van der Waals surface area contributed by atoms with Crippen LogP contribution in [0, 0.1) is 0 Å². The van der Waals surface area contributed by atoms with Gasteiger partial charge in [-0.15, -0.1) is 0 Å². The lowest BCUT2D eigenvalue weighted by atomic mass is 10.0. The van der Waals surface area contributed by atoms with Crippen LogP contribution in [0.2, 0.25) is 0 Å². The maximum atomic E-state index is 11.4. The summed E-state index contributed by atoms with van der Waals surface area (Å²) in [4.78, 5) is 11.4. The molecule has 0 fully saturated rings. The summed E-state index contributed by atoms with van der Waals surface area (Å²) in [5.41, 5.74) is 6.32. The Balaban J connectivity index is 3.23. The molecule has 1 aromatic carbocycles. The summed E-state index contributed by atoms with van der Waals surface area (Å²) in [6.07, 6.45) is 0. The molecule has 0 saturated heterocycles. The van der Waals surface area contributed by atoms with Crippen molar-refractivity contribution < 1.29 is 9.90 Å². The number of allylic oxidation sites excluding steroid dienone is 1. The Morgan fingerprint density at radius 2 is 2.15 bits per heavy atom. The second kappa shape index (κ2) is 3.31. The molecule has 3 nitrogen and oxygen atoms in total. The monoisotopic (exact) mass is 177 g/mol. The lowest BCUT2D eigenvalue weighted by Gasteiger charge is -2.05. The Bertz CT molecular complexity index is 369. The molecule has 68 valence electrons. The molecular weight excluding hydrogens is 166 g/mol. The van der Waals surface area contributed by atoms with Crippen molar-refractivity contribution in [1.82, 2.24) is 0 Å². The summed E-state index contributed by atoms with van der Waals surface area (Å²) in [5, 5.41) is 9.22. The molecule has 13 heavy (non-hydrogen) atoms. The molecule has 0 aliphatic rings. The van der Waals surface area contributed by atoms with Gasteiger partial charge in [0.15, 0.2) is 5.78 Å². The van der Waals surface area contributed by atoms with Gasteiger partial charge in [-0.25, -0.2) is 0 Å². The molecule has 0 unspecified atom stereocenters. The Morgan fingerprint density at radius 1 is 1.54 bits per heavy atom. The molecule has 0 heterocycles. The van der Waals surface area contributed by atoms with Gasteiger partial charge in [-0.2, -0.15) is 0 Å². The van der Waals surface area contributed by atoms with Crippen LogP contribution in [0.3, 0.4) is 0 Å². The lowest BCUT2D eigenvalue weighted by Crippen LogP contribution is -2.04. The van der Waals surface area contributed by atoms with Crippen molar-refractivity contribution in [3.8, 4) is 5.75 Å². The molecule has 1 rings (SSSR count). The number of carbonyl (C=O) groups is 1. The zero-order valence-corrected chi connectivity index (χ0v) is 7.37. The van der Waals surface area contributed by atoms with E-state index < -0.39 is 0 Å². The van der Waals surface area contributed by atoms with E-state index in [9.17, 15) is 9.90 Å². The fourth-order valence-corrected chi connectivity index (χ4v) is 0.981. The first-order valence-corrected chi connectivity index (χ1v) is 3.81. The molecule has 0 spiro atoms.